The summed E-state index contributed by atoms with van der Waals surface area (Å²) in [4.78, 5) is 18.4. The second-order valence-corrected chi connectivity index (χ2v) is 9.80. The molecule has 1 heterocycles. The smallest absolute Gasteiger partial charge is 0.243 e. The SMILES string of the molecule is CN(C)C(=O)CN=C(NC1CCOC2(CCCCC2)C1)NC1CC2CCC1C2.I. The molecule has 29 heavy (non-hydrogen) atoms. The van der Waals surface area contributed by atoms with E-state index in [9.17, 15) is 4.79 Å². The number of aliphatic imine (C=N–C) groups is 1. The first-order valence-electron chi connectivity index (χ1n) is 11.4. The quantitative estimate of drug-likeness (QED) is 0.341. The van der Waals surface area contributed by atoms with E-state index >= 15 is 0 Å². The second-order valence-electron chi connectivity index (χ2n) is 9.80. The summed E-state index contributed by atoms with van der Waals surface area (Å²) in [5, 5.41) is 7.40. The number of nitrogens with zero attached hydrogens (tertiary/aromatic N) is 2. The number of likely N-dealkylation sites (N-methyl/N-ethyl adjacent to an activating group) is 1. The molecule has 4 atom stereocenters. The van der Waals surface area contributed by atoms with Crippen LogP contribution in [0.5, 0.6) is 0 Å². The van der Waals surface area contributed by atoms with Gasteiger partial charge in [0.2, 0.25) is 5.91 Å². The molecule has 3 saturated carbocycles. The molecule has 4 unspecified atom stereocenters. The van der Waals surface area contributed by atoms with Crippen molar-refractivity contribution in [1.82, 2.24) is 15.5 Å². The zero-order chi connectivity index (χ0) is 19.6. The molecule has 166 valence electrons. The topological polar surface area (TPSA) is 66.0 Å². The number of rotatable bonds is 4. The first-order valence-corrected chi connectivity index (χ1v) is 11.4. The van der Waals surface area contributed by atoms with Crippen molar-refractivity contribution in [3.63, 3.8) is 0 Å². The molecule has 2 N–H and O–H groups in total. The summed E-state index contributed by atoms with van der Waals surface area (Å²) in [6.45, 7) is 1.03. The lowest BCUT2D eigenvalue weighted by molar-refractivity contribution is -0.127. The molecule has 0 aromatic carbocycles. The summed E-state index contributed by atoms with van der Waals surface area (Å²) >= 11 is 0. The molecule has 4 fully saturated rings. The summed E-state index contributed by atoms with van der Waals surface area (Å²) in [5.74, 6) is 2.55. The molecule has 1 spiro atoms. The van der Waals surface area contributed by atoms with Crippen molar-refractivity contribution in [3.05, 3.63) is 0 Å². The Hall–Kier alpha value is -0.570. The van der Waals surface area contributed by atoms with Gasteiger partial charge in [-0.25, -0.2) is 4.99 Å². The highest BCUT2D eigenvalue weighted by Gasteiger charge is 2.41. The molecule has 0 aromatic rings. The van der Waals surface area contributed by atoms with Crippen LogP contribution in [0.3, 0.4) is 0 Å². The van der Waals surface area contributed by atoms with Gasteiger partial charge in [-0.05, 0) is 56.8 Å². The standard InChI is InChI=1S/C22H38N4O2.HI/c1-26(2)20(27)15-23-21(25-19-13-16-6-7-17(19)12-16)24-18-8-11-28-22(14-18)9-4-3-5-10-22;/h16-19H,3-15H2,1-2H3,(H2,23,24,25);1H. The molecule has 7 heteroatoms. The zero-order valence-electron chi connectivity index (χ0n) is 18.1. The minimum Gasteiger partial charge on any atom is -0.375 e. The van der Waals surface area contributed by atoms with Crippen LogP contribution in [0.25, 0.3) is 0 Å². The number of carbonyl (C=O) groups is 1. The van der Waals surface area contributed by atoms with Crippen LogP contribution in [0.4, 0.5) is 0 Å². The van der Waals surface area contributed by atoms with Crippen molar-refractivity contribution in [2.75, 3.05) is 27.2 Å². The summed E-state index contributed by atoms with van der Waals surface area (Å²) in [5.41, 5.74) is 0.0746. The molecule has 1 aliphatic heterocycles. The van der Waals surface area contributed by atoms with Gasteiger partial charge in [0, 0.05) is 32.8 Å². The number of amides is 1. The fourth-order valence-corrected chi connectivity index (χ4v) is 5.91. The number of fused-ring (bicyclic) bond motifs is 2. The highest BCUT2D eigenvalue weighted by molar-refractivity contribution is 14.0. The minimum absolute atomic E-state index is 0. The number of nitrogens with one attached hydrogen (secondary N) is 2. The third-order valence-corrected chi connectivity index (χ3v) is 7.53. The summed E-state index contributed by atoms with van der Waals surface area (Å²) < 4.78 is 6.26. The second kappa shape index (κ2) is 10.2. The molecule has 4 rings (SSSR count). The maximum atomic E-state index is 12.1. The van der Waals surface area contributed by atoms with E-state index in [0.29, 0.717) is 12.1 Å². The number of hydrogen-bond donors (Lipinski definition) is 2. The first kappa shape index (κ1) is 23.1. The van der Waals surface area contributed by atoms with Crippen molar-refractivity contribution in [1.29, 1.82) is 0 Å². The van der Waals surface area contributed by atoms with E-state index in [1.54, 1.807) is 19.0 Å². The highest BCUT2D eigenvalue weighted by Crippen LogP contribution is 2.44. The van der Waals surface area contributed by atoms with Crippen molar-refractivity contribution in [2.45, 2.75) is 88.3 Å². The van der Waals surface area contributed by atoms with E-state index in [2.05, 4.69) is 15.6 Å². The van der Waals surface area contributed by atoms with Gasteiger partial charge in [0.1, 0.15) is 6.54 Å². The van der Waals surface area contributed by atoms with E-state index in [-0.39, 0.29) is 42.0 Å². The average molecular weight is 518 g/mol. The van der Waals surface area contributed by atoms with Crippen LogP contribution < -0.4 is 10.6 Å². The lowest BCUT2D eigenvalue weighted by atomic mass is 9.78. The molecule has 3 aliphatic carbocycles. The lowest BCUT2D eigenvalue weighted by Gasteiger charge is -2.44. The van der Waals surface area contributed by atoms with Crippen molar-refractivity contribution in [3.8, 4) is 0 Å². The fourth-order valence-electron chi connectivity index (χ4n) is 5.91. The maximum absolute atomic E-state index is 12.1. The largest absolute Gasteiger partial charge is 0.375 e. The van der Waals surface area contributed by atoms with Crippen LogP contribution >= 0.6 is 24.0 Å². The third-order valence-electron chi connectivity index (χ3n) is 7.53. The van der Waals surface area contributed by atoms with Crippen LogP contribution in [0.15, 0.2) is 4.99 Å². The minimum atomic E-state index is 0. The van der Waals surface area contributed by atoms with Gasteiger partial charge in [-0.3, -0.25) is 4.79 Å². The summed E-state index contributed by atoms with van der Waals surface area (Å²) in [6, 6.07) is 0.897. The van der Waals surface area contributed by atoms with E-state index in [4.69, 9.17) is 4.74 Å². The van der Waals surface area contributed by atoms with Gasteiger partial charge in [0.25, 0.3) is 0 Å². The Bertz CT molecular complexity index is 586. The van der Waals surface area contributed by atoms with Crippen LogP contribution in [0.1, 0.15) is 70.6 Å². The van der Waals surface area contributed by atoms with Gasteiger partial charge in [-0.2, -0.15) is 0 Å². The first-order chi connectivity index (χ1) is 13.5. The highest BCUT2D eigenvalue weighted by atomic mass is 127. The molecule has 4 aliphatic rings. The monoisotopic (exact) mass is 518 g/mol. The average Bonchev–Trinajstić information content (AvgIpc) is 3.29. The number of hydrogen-bond acceptors (Lipinski definition) is 3. The van der Waals surface area contributed by atoms with Crippen molar-refractivity contribution >= 4 is 35.8 Å². The molecule has 1 saturated heterocycles. The van der Waals surface area contributed by atoms with E-state index < -0.39 is 0 Å². The molecule has 6 nitrogen and oxygen atoms in total. The Kier molecular flexibility index (Phi) is 8.09. The molecule has 0 radical (unpaired) electrons. The molecule has 2 bridgehead atoms. The van der Waals surface area contributed by atoms with Crippen molar-refractivity contribution < 1.29 is 9.53 Å². The van der Waals surface area contributed by atoms with E-state index in [0.717, 1.165) is 37.2 Å². The Morgan fingerprint density at radius 3 is 2.55 bits per heavy atom. The van der Waals surface area contributed by atoms with Gasteiger partial charge < -0.3 is 20.3 Å². The van der Waals surface area contributed by atoms with Crippen LogP contribution in [-0.4, -0.2) is 61.7 Å². The van der Waals surface area contributed by atoms with Gasteiger partial charge in [-0.15, -0.1) is 24.0 Å². The number of ether oxygens (including phenoxy) is 1. The molecule has 0 aromatic heterocycles. The number of guanidine groups is 1. The van der Waals surface area contributed by atoms with Gasteiger partial charge in [0.15, 0.2) is 5.96 Å². The van der Waals surface area contributed by atoms with E-state index in [1.807, 2.05) is 0 Å². The lowest BCUT2D eigenvalue weighted by Crippen LogP contribution is -2.54. The summed E-state index contributed by atoms with van der Waals surface area (Å²) in [6.07, 6.45) is 13.7. The molecular weight excluding hydrogens is 479 g/mol. The van der Waals surface area contributed by atoms with Gasteiger partial charge in [0.05, 0.1) is 5.60 Å². The van der Waals surface area contributed by atoms with Crippen LogP contribution in [0.2, 0.25) is 0 Å². The maximum Gasteiger partial charge on any atom is 0.243 e. The van der Waals surface area contributed by atoms with Crippen LogP contribution in [0, 0.1) is 11.8 Å². The Morgan fingerprint density at radius 1 is 1.10 bits per heavy atom. The zero-order valence-corrected chi connectivity index (χ0v) is 20.5. The predicted octanol–water partition coefficient (Wildman–Crippen LogP) is 3.30. The Labute approximate surface area is 193 Å². The Balaban J connectivity index is 0.00000240. The third kappa shape index (κ3) is 5.77. The predicted molar refractivity (Wildman–Crippen MR) is 127 cm³/mol. The Morgan fingerprint density at radius 2 is 1.90 bits per heavy atom. The van der Waals surface area contributed by atoms with E-state index in [1.165, 1.54) is 57.8 Å². The fraction of sp³-hybridized carbons (Fsp3) is 0.909. The number of carbonyl (C=O) groups excluding carboxylic acids is 1. The molecular formula is C22H39IN4O2. The summed E-state index contributed by atoms with van der Waals surface area (Å²) in [7, 11) is 3.58. The van der Waals surface area contributed by atoms with Crippen molar-refractivity contribution in [2.24, 2.45) is 16.8 Å². The number of halogens is 1. The normalized spacial score (nSPS) is 33.2. The van der Waals surface area contributed by atoms with Gasteiger partial charge in [-0.1, -0.05) is 25.7 Å². The van der Waals surface area contributed by atoms with Crippen LogP contribution in [-0.2, 0) is 9.53 Å². The molecule has 1 amide bonds. The van der Waals surface area contributed by atoms with Gasteiger partial charge >= 0.3 is 0 Å².